The smallest absolute Gasteiger partial charge is 0.249 e. The number of anilines is 4. The molecular formula is C18H17N5O2. The zero-order chi connectivity index (χ0) is 17.6. The van der Waals surface area contributed by atoms with Crippen molar-refractivity contribution in [2.75, 3.05) is 17.7 Å². The van der Waals surface area contributed by atoms with Crippen molar-refractivity contribution in [3.05, 3.63) is 60.3 Å². The highest BCUT2D eigenvalue weighted by molar-refractivity contribution is 5.94. The van der Waals surface area contributed by atoms with Crippen LogP contribution in [-0.2, 0) is 0 Å². The summed E-state index contributed by atoms with van der Waals surface area (Å²) >= 11 is 0. The zero-order valence-electron chi connectivity index (χ0n) is 13.9. The second-order valence-corrected chi connectivity index (χ2v) is 5.28. The predicted molar refractivity (Wildman–Crippen MR) is 95.8 cm³/mol. The molecule has 25 heavy (non-hydrogen) atoms. The fourth-order valence-corrected chi connectivity index (χ4v) is 2.16. The Bertz CT molecular complexity index is 863. The van der Waals surface area contributed by atoms with Crippen molar-refractivity contribution in [2.45, 2.75) is 6.92 Å². The minimum atomic E-state index is 0.0233. The van der Waals surface area contributed by atoms with Gasteiger partial charge >= 0.3 is 0 Å². The number of hydrogen-bond donors (Lipinski definition) is 2. The van der Waals surface area contributed by atoms with Crippen molar-refractivity contribution >= 4 is 28.9 Å². The van der Waals surface area contributed by atoms with Crippen LogP contribution in [0.25, 0.3) is 0 Å². The molecule has 0 aliphatic heterocycles. The van der Waals surface area contributed by atoms with Crippen molar-refractivity contribution in [1.29, 1.82) is 0 Å². The molecule has 0 amide bonds. The van der Waals surface area contributed by atoms with E-state index < -0.39 is 0 Å². The summed E-state index contributed by atoms with van der Waals surface area (Å²) in [6, 6.07) is 14.6. The third-order valence-corrected chi connectivity index (χ3v) is 3.47. The van der Waals surface area contributed by atoms with E-state index in [0.717, 1.165) is 17.1 Å². The highest BCUT2D eigenvalue weighted by Gasteiger charge is 2.04. The van der Waals surface area contributed by atoms with Gasteiger partial charge in [0.15, 0.2) is 11.6 Å². The topological polar surface area (TPSA) is 89.0 Å². The molecule has 0 atom stereocenters. The molecule has 1 aromatic heterocycles. The minimum absolute atomic E-state index is 0.0233. The van der Waals surface area contributed by atoms with Gasteiger partial charge in [0.2, 0.25) is 5.95 Å². The van der Waals surface area contributed by atoms with Gasteiger partial charge in [-0.25, -0.2) is 0 Å². The third kappa shape index (κ3) is 4.29. The van der Waals surface area contributed by atoms with Gasteiger partial charge < -0.3 is 15.4 Å². The van der Waals surface area contributed by atoms with Crippen LogP contribution in [0.15, 0.2) is 54.7 Å². The van der Waals surface area contributed by atoms with E-state index in [1.807, 2.05) is 24.3 Å². The van der Waals surface area contributed by atoms with Gasteiger partial charge in [0.1, 0.15) is 5.75 Å². The molecule has 3 aromatic rings. The molecule has 2 N–H and O–H groups in total. The molecule has 0 aliphatic rings. The van der Waals surface area contributed by atoms with Crippen molar-refractivity contribution in [3.63, 3.8) is 0 Å². The van der Waals surface area contributed by atoms with Gasteiger partial charge in [-0.3, -0.25) is 4.79 Å². The predicted octanol–water partition coefficient (Wildman–Crippen LogP) is 3.57. The summed E-state index contributed by atoms with van der Waals surface area (Å²) in [6.45, 7) is 1.53. The third-order valence-electron chi connectivity index (χ3n) is 3.47. The Morgan fingerprint density at radius 3 is 2.24 bits per heavy atom. The van der Waals surface area contributed by atoms with Crippen LogP contribution >= 0.6 is 0 Å². The van der Waals surface area contributed by atoms with E-state index in [-0.39, 0.29) is 5.78 Å². The summed E-state index contributed by atoms with van der Waals surface area (Å²) in [5.74, 6) is 1.72. The van der Waals surface area contributed by atoms with Gasteiger partial charge in [-0.05, 0) is 55.5 Å². The van der Waals surface area contributed by atoms with E-state index in [1.54, 1.807) is 31.4 Å². The van der Waals surface area contributed by atoms with Crippen LogP contribution in [0.2, 0.25) is 0 Å². The van der Waals surface area contributed by atoms with Gasteiger partial charge in [-0.1, -0.05) is 0 Å². The van der Waals surface area contributed by atoms with E-state index in [2.05, 4.69) is 25.8 Å². The summed E-state index contributed by atoms with van der Waals surface area (Å²) in [4.78, 5) is 15.7. The Labute approximate surface area is 145 Å². The number of methoxy groups -OCH3 is 1. The summed E-state index contributed by atoms with van der Waals surface area (Å²) in [5.41, 5.74) is 2.28. The average Bonchev–Trinajstić information content (AvgIpc) is 2.63. The molecule has 0 unspecified atom stereocenters. The fourth-order valence-electron chi connectivity index (χ4n) is 2.16. The molecule has 0 saturated heterocycles. The highest BCUT2D eigenvalue weighted by atomic mass is 16.5. The van der Waals surface area contributed by atoms with Crippen LogP contribution < -0.4 is 15.4 Å². The molecular weight excluding hydrogens is 318 g/mol. The first-order valence-corrected chi connectivity index (χ1v) is 7.63. The lowest BCUT2D eigenvalue weighted by Gasteiger charge is -2.08. The molecule has 0 saturated carbocycles. The largest absolute Gasteiger partial charge is 0.497 e. The number of nitrogens with one attached hydrogen (secondary N) is 2. The van der Waals surface area contributed by atoms with Gasteiger partial charge in [-0.15, -0.1) is 5.10 Å². The van der Waals surface area contributed by atoms with Crippen molar-refractivity contribution < 1.29 is 9.53 Å². The average molecular weight is 335 g/mol. The lowest BCUT2D eigenvalue weighted by atomic mass is 10.1. The van der Waals surface area contributed by atoms with Crippen LogP contribution in [0.3, 0.4) is 0 Å². The maximum atomic E-state index is 11.3. The fraction of sp³-hybridized carbons (Fsp3) is 0.111. The quantitative estimate of drug-likeness (QED) is 0.666. The summed E-state index contributed by atoms with van der Waals surface area (Å²) in [6.07, 6.45) is 1.54. The van der Waals surface area contributed by atoms with Crippen LogP contribution in [0.1, 0.15) is 17.3 Å². The van der Waals surface area contributed by atoms with E-state index in [4.69, 9.17) is 4.74 Å². The number of nitrogens with zero attached hydrogens (tertiary/aromatic N) is 3. The maximum Gasteiger partial charge on any atom is 0.249 e. The summed E-state index contributed by atoms with van der Waals surface area (Å²) < 4.78 is 5.13. The lowest BCUT2D eigenvalue weighted by Crippen LogP contribution is -2.02. The second-order valence-electron chi connectivity index (χ2n) is 5.28. The van der Waals surface area contributed by atoms with E-state index >= 15 is 0 Å². The molecule has 0 radical (unpaired) electrons. The Balaban J connectivity index is 1.71. The molecule has 7 nitrogen and oxygen atoms in total. The molecule has 0 fully saturated rings. The maximum absolute atomic E-state index is 11.3. The Morgan fingerprint density at radius 2 is 1.60 bits per heavy atom. The number of benzene rings is 2. The number of rotatable bonds is 6. The monoisotopic (exact) mass is 335 g/mol. The van der Waals surface area contributed by atoms with Gasteiger partial charge in [0.05, 0.1) is 13.3 Å². The van der Waals surface area contributed by atoms with Crippen molar-refractivity contribution in [1.82, 2.24) is 15.2 Å². The Hall–Kier alpha value is -3.48. The molecule has 1 heterocycles. The molecule has 126 valence electrons. The highest BCUT2D eigenvalue weighted by Crippen LogP contribution is 2.19. The zero-order valence-corrected chi connectivity index (χ0v) is 13.9. The summed E-state index contributed by atoms with van der Waals surface area (Å²) in [7, 11) is 1.62. The van der Waals surface area contributed by atoms with E-state index in [9.17, 15) is 4.79 Å². The van der Waals surface area contributed by atoms with E-state index in [0.29, 0.717) is 17.3 Å². The second kappa shape index (κ2) is 7.39. The SMILES string of the molecule is COc1ccc(Nc2cnnc(Nc3ccc(C(C)=O)cc3)n2)cc1. The van der Waals surface area contributed by atoms with Crippen LogP contribution in [0.4, 0.5) is 23.1 Å². The number of Topliss-reactive ketones (excluding diaryl/α,β-unsaturated/α-hetero) is 1. The lowest BCUT2D eigenvalue weighted by molar-refractivity contribution is 0.101. The molecule has 2 aromatic carbocycles. The first-order chi connectivity index (χ1) is 12.1. The molecule has 3 rings (SSSR count). The van der Waals surface area contributed by atoms with Crippen LogP contribution in [0, 0.1) is 0 Å². The molecule has 0 spiro atoms. The number of aromatic nitrogens is 3. The Kier molecular flexibility index (Phi) is 4.84. The first kappa shape index (κ1) is 16.4. The number of hydrogen-bond acceptors (Lipinski definition) is 7. The Morgan fingerprint density at radius 1 is 0.960 bits per heavy atom. The molecule has 7 heteroatoms. The van der Waals surface area contributed by atoms with Gasteiger partial charge in [0.25, 0.3) is 0 Å². The van der Waals surface area contributed by atoms with Crippen molar-refractivity contribution in [3.8, 4) is 5.75 Å². The number of carbonyl (C=O) groups is 1. The number of ether oxygens (including phenoxy) is 1. The number of ketones is 1. The van der Waals surface area contributed by atoms with Gasteiger partial charge in [0, 0.05) is 16.9 Å². The van der Waals surface area contributed by atoms with Crippen LogP contribution in [-0.4, -0.2) is 28.1 Å². The normalized spacial score (nSPS) is 10.2. The van der Waals surface area contributed by atoms with E-state index in [1.165, 1.54) is 13.1 Å². The van der Waals surface area contributed by atoms with Gasteiger partial charge in [-0.2, -0.15) is 10.1 Å². The van der Waals surface area contributed by atoms with Crippen molar-refractivity contribution in [2.24, 2.45) is 0 Å². The van der Waals surface area contributed by atoms with Crippen LogP contribution in [0.5, 0.6) is 5.75 Å². The minimum Gasteiger partial charge on any atom is -0.497 e. The first-order valence-electron chi connectivity index (χ1n) is 7.63. The summed E-state index contributed by atoms with van der Waals surface area (Å²) in [5, 5.41) is 14.1. The molecule has 0 bridgehead atoms. The molecule has 0 aliphatic carbocycles. The number of carbonyl (C=O) groups excluding carboxylic acids is 1. The standard InChI is InChI=1S/C18H17N5O2/c1-12(24)13-3-5-15(6-4-13)21-18-22-17(11-19-23-18)20-14-7-9-16(25-2)10-8-14/h3-11H,1-2H3,(H2,20,21,22,23).